The van der Waals surface area contributed by atoms with Gasteiger partial charge in [-0.2, -0.15) is 5.10 Å². The number of hydrogen-bond acceptors (Lipinski definition) is 6. The molecule has 0 bridgehead atoms. The number of carbonyl (C=O) groups excluding carboxylic acids is 1. The highest BCUT2D eigenvalue weighted by atomic mass is 35.5. The van der Waals surface area contributed by atoms with Gasteiger partial charge in [-0.1, -0.05) is 35.1 Å². The third-order valence-corrected chi connectivity index (χ3v) is 5.55. The predicted octanol–water partition coefficient (Wildman–Crippen LogP) is 3.12. The van der Waals surface area contributed by atoms with Crippen LogP contribution in [0.3, 0.4) is 0 Å². The highest BCUT2D eigenvalue weighted by molar-refractivity contribution is 7.15. The van der Waals surface area contributed by atoms with Crippen LogP contribution < -0.4 is 10.2 Å². The lowest BCUT2D eigenvalue weighted by Gasteiger charge is -2.30. The molecule has 1 aliphatic heterocycles. The van der Waals surface area contributed by atoms with Crippen molar-refractivity contribution in [3.63, 3.8) is 0 Å². The van der Waals surface area contributed by atoms with Crippen molar-refractivity contribution >= 4 is 39.8 Å². The number of piperidine rings is 1. The number of rotatable bonds is 5. The second-order valence-electron chi connectivity index (χ2n) is 6.48. The van der Waals surface area contributed by atoms with Crippen molar-refractivity contribution in [1.82, 2.24) is 20.0 Å². The van der Waals surface area contributed by atoms with Gasteiger partial charge in [0.1, 0.15) is 11.0 Å². The van der Waals surface area contributed by atoms with Crippen molar-refractivity contribution in [2.45, 2.75) is 25.3 Å². The molecular weight excluding hydrogens is 384 g/mol. The molecule has 1 fully saturated rings. The first kappa shape index (κ1) is 17.9. The summed E-state index contributed by atoms with van der Waals surface area (Å²) in [4.78, 5) is 14.6. The maximum Gasteiger partial charge on any atom is 0.250 e. The number of carbonyl (C=O) groups is 1. The molecule has 0 radical (unpaired) electrons. The maximum atomic E-state index is 12.8. The van der Waals surface area contributed by atoms with E-state index in [9.17, 15) is 4.79 Å². The van der Waals surface area contributed by atoms with E-state index in [4.69, 9.17) is 11.6 Å². The molecule has 9 heteroatoms. The molecule has 3 aromatic rings. The van der Waals surface area contributed by atoms with E-state index < -0.39 is 0 Å². The standard InChI is InChI=1S/C18H19ClN6OS/c1-24-10-8-15(23-24)25-9-2-3-14(17(25)26)20-18-22-21-16(27-18)11-12-4-6-13(19)7-5-12/h4-8,10,14H,2-3,9,11H2,1H3,(H,20,22). The Kier molecular flexibility index (Phi) is 5.09. The zero-order valence-corrected chi connectivity index (χ0v) is 16.4. The predicted molar refractivity (Wildman–Crippen MR) is 106 cm³/mol. The number of nitrogens with one attached hydrogen (secondary N) is 1. The van der Waals surface area contributed by atoms with Crippen LogP contribution in [0, 0.1) is 0 Å². The van der Waals surface area contributed by atoms with E-state index in [1.54, 1.807) is 9.58 Å². The number of halogens is 1. The van der Waals surface area contributed by atoms with Gasteiger partial charge >= 0.3 is 0 Å². The number of aryl methyl sites for hydroxylation is 1. The molecule has 4 rings (SSSR count). The highest BCUT2D eigenvalue weighted by Gasteiger charge is 2.31. The monoisotopic (exact) mass is 402 g/mol. The molecule has 27 heavy (non-hydrogen) atoms. The summed E-state index contributed by atoms with van der Waals surface area (Å²) in [5.74, 6) is 0.712. The third kappa shape index (κ3) is 4.12. The van der Waals surface area contributed by atoms with E-state index in [2.05, 4.69) is 20.6 Å². The van der Waals surface area contributed by atoms with Crippen LogP contribution in [0.15, 0.2) is 36.5 Å². The molecule has 1 N–H and O–H groups in total. The molecule has 0 aliphatic carbocycles. The molecule has 0 spiro atoms. The molecule has 1 aromatic carbocycles. The number of nitrogens with zero attached hydrogens (tertiary/aromatic N) is 5. The first-order chi connectivity index (χ1) is 13.1. The summed E-state index contributed by atoms with van der Waals surface area (Å²) in [5.41, 5.74) is 1.12. The Labute approximate surface area is 166 Å². The van der Waals surface area contributed by atoms with Gasteiger partial charge in [0.15, 0.2) is 5.82 Å². The fourth-order valence-corrected chi connectivity index (χ4v) is 4.05. The van der Waals surface area contributed by atoms with Gasteiger partial charge in [0.25, 0.3) is 5.91 Å². The number of hydrogen-bond donors (Lipinski definition) is 1. The Bertz CT molecular complexity index is 937. The van der Waals surface area contributed by atoms with Crippen molar-refractivity contribution in [1.29, 1.82) is 0 Å². The Morgan fingerprint density at radius 3 is 2.81 bits per heavy atom. The molecule has 0 saturated carbocycles. The molecule has 1 unspecified atom stereocenters. The summed E-state index contributed by atoms with van der Waals surface area (Å²) in [6.07, 6.45) is 4.22. The van der Waals surface area contributed by atoms with Crippen molar-refractivity contribution in [2.75, 3.05) is 16.8 Å². The van der Waals surface area contributed by atoms with Gasteiger partial charge < -0.3 is 5.32 Å². The first-order valence-electron chi connectivity index (χ1n) is 8.73. The minimum Gasteiger partial charge on any atom is -0.348 e. The number of aromatic nitrogens is 4. The van der Waals surface area contributed by atoms with Crippen LogP contribution in [-0.2, 0) is 18.3 Å². The average molecular weight is 403 g/mol. The normalized spacial score (nSPS) is 17.3. The van der Waals surface area contributed by atoms with Gasteiger partial charge in [-0.05, 0) is 30.5 Å². The van der Waals surface area contributed by atoms with Crippen molar-refractivity contribution in [2.24, 2.45) is 7.05 Å². The largest absolute Gasteiger partial charge is 0.348 e. The second kappa shape index (κ2) is 7.66. The van der Waals surface area contributed by atoms with Crippen LogP contribution in [0.25, 0.3) is 0 Å². The lowest BCUT2D eigenvalue weighted by Crippen LogP contribution is -2.48. The molecule has 1 amide bonds. The highest BCUT2D eigenvalue weighted by Crippen LogP contribution is 2.24. The number of anilines is 2. The minimum absolute atomic E-state index is 0.0226. The second-order valence-corrected chi connectivity index (χ2v) is 7.98. The Hall–Kier alpha value is -2.45. The average Bonchev–Trinajstić information content (AvgIpc) is 3.28. The molecule has 1 aliphatic rings. The Morgan fingerprint density at radius 2 is 2.07 bits per heavy atom. The van der Waals surface area contributed by atoms with E-state index >= 15 is 0 Å². The van der Waals surface area contributed by atoms with E-state index in [0.29, 0.717) is 28.9 Å². The van der Waals surface area contributed by atoms with E-state index in [1.807, 2.05) is 43.6 Å². The van der Waals surface area contributed by atoms with Crippen molar-refractivity contribution in [3.05, 3.63) is 52.1 Å². The first-order valence-corrected chi connectivity index (χ1v) is 9.92. The maximum absolute atomic E-state index is 12.8. The summed E-state index contributed by atoms with van der Waals surface area (Å²) in [7, 11) is 1.84. The Morgan fingerprint density at radius 1 is 1.26 bits per heavy atom. The zero-order valence-electron chi connectivity index (χ0n) is 14.8. The van der Waals surface area contributed by atoms with E-state index in [1.165, 1.54) is 11.3 Å². The van der Waals surface area contributed by atoms with Crippen LogP contribution >= 0.6 is 22.9 Å². The van der Waals surface area contributed by atoms with Gasteiger partial charge in [-0.3, -0.25) is 14.4 Å². The quantitative estimate of drug-likeness (QED) is 0.709. The topological polar surface area (TPSA) is 75.9 Å². The lowest BCUT2D eigenvalue weighted by atomic mass is 10.1. The van der Waals surface area contributed by atoms with Gasteiger partial charge in [-0.15, -0.1) is 10.2 Å². The smallest absolute Gasteiger partial charge is 0.250 e. The van der Waals surface area contributed by atoms with Crippen LogP contribution in [0.5, 0.6) is 0 Å². The molecule has 3 heterocycles. The number of benzene rings is 1. The number of amides is 1. The Balaban J connectivity index is 1.42. The van der Waals surface area contributed by atoms with E-state index in [-0.39, 0.29) is 11.9 Å². The van der Waals surface area contributed by atoms with Gasteiger partial charge in [0.05, 0.1) is 0 Å². The fourth-order valence-electron chi connectivity index (χ4n) is 3.09. The molecule has 2 aromatic heterocycles. The zero-order chi connectivity index (χ0) is 18.8. The molecule has 7 nitrogen and oxygen atoms in total. The third-order valence-electron chi connectivity index (χ3n) is 4.45. The summed E-state index contributed by atoms with van der Waals surface area (Å²) >= 11 is 7.39. The lowest BCUT2D eigenvalue weighted by molar-refractivity contribution is -0.120. The SMILES string of the molecule is Cn1ccc(N2CCCC(Nc3nnc(Cc4ccc(Cl)cc4)s3)C2=O)n1. The minimum atomic E-state index is -0.308. The molecule has 140 valence electrons. The summed E-state index contributed by atoms with van der Waals surface area (Å²) in [6, 6.07) is 9.24. The fraction of sp³-hybridized carbons (Fsp3) is 0.333. The molecule has 1 saturated heterocycles. The van der Waals surface area contributed by atoms with Crippen LogP contribution in [0.4, 0.5) is 10.9 Å². The van der Waals surface area contributed by atoms with Crippen molar-refractivity contribution < 1.29 is 4.79 Å². The van der Waals surface area contributed by atoms with E-state index in [0.717, 1.165) is 23.4 Å². The molecular formula is C18H19ClN6OS. The summed E-state index contributed by atoms with van der Waals surface area (Å²) in [5, 5.41) is 18.3. The summed E-state index contributed by atoms with van der Waals surface area (Å²) < 4.78 is 1.70. The van der Waals surface area contributed by atoms with Crippen molar-refractivity contribution in [3.8, 4) is 0 Å². The van der Waals surface area contributed by atoms with Gasteiger partial charge in [0, 0.05) is 37.3 Å². The van der Waals surface area contributed by atoms with Gasteiger partial charge in [0.2, 0.25) is 5.13 Å². The van der Waals surface area contributed by atoms with Crippen LogP contribution in [0.2, 0.25) is 5.02 Å². The van der Waals surface area contributed by atoms with Gasteiger partial charge in [-0.25, -0.2) is 0 Å². The summed E-state index contributed by atoms with van der Waals surface area (Å²) in [6.45, 7) is 0.686. The van der Waals surface area contributed by atoms with Crippen LogP contribution in [0.1, 0.15) is 23.4 Å². The molecule has 1 atom stereocenters. The van der Waals surface area contributed by atoms with Crippen LogP contribution in [-0.4, -0.2) is 38.5 Å².